The lowest BCUT2D eigenvalue weighted by Crippen LogP contribution is -2.37. The van der Waals surface area contributed by atoms with Gasteiger partial charge in [-0.1, -0.05) is 24.6 Å². The van der Waals surface area contributed by atoms with Crippen molar-refractivity contribution in [3.63, 3.8) is 0 Å². The summed E-state index contributed by atoms with van der Waals surface area (Å²) in [7, 11) is 0. The van der Waals surface area contributed by atoms with Gasteiger partial charge in [-0.3, -0.25) is 0 Å². The Hall–Kier alpha value is -2.82. The molecular formula is C24H28ClN5O2. The lowest BCUT2D eigenvalue weighted by molar-refractivity contribution is 0.110. The maximum atomic E-state index is 9.90. The van der Waals surface area contributed by atoms with Gasteiger partial charge in [0.25, 0.3) is 0 Å². The molecule has 0 radical (unpaired) electrons. The fraction of sp³-hybridized carbons (Fsp3) is 0.458. The van der Waals surface area contributed by atoms with Gasteiger partial charge in [0, 0.05) is 36.3 Å². The molecule has 0 amide bonds. The number of aliphatic hydroxyl groups is 2. The van der Waals surface area contributed by atoms with Crippen LogP contribution < -0.4 is 10.2 Å². The highest BCUT2D eigenvalue weighted by molar-refractivity contribution is 6.31. The van der Waals surface area contributed by atoms with Gasteiger partial charge in [-0.2, -0.15) is 5.26 Å². The zero-order chi connectivity index (χ0) is 22.8. The Morgan fingerprint density at radius 3 is 2.69 bits per heavy atom. The number of fused-ring (bicyclic) bond motifs is 1. The van der Waals surface area contributed by atoms with Gasteiger partial charge in [-0.15, -0.1) is 10.2 Å². The van der Waals surface area contributed by atoms with Crippen LogP contribution in [0.25, 0.3) is 10.8 Å². The third-order valence-corrected chi connectivity index (χ3v) is 6.94. The fourth-order valence-electron chi connectivity index (χ4n) is 4.50. The molecule has 168 valence electrons. The molecular weight excluding hydrogens is 426 g/mol. The average molecular weight is 454 g/mol. The number of hydrogen-bond donors (Lipinski definition) is 3. The van der Waals surface area contributed by atoms with E-state index in [4.69, 9.17) is 11.6 Å². The van der Waals surface area contributed by atoms with E-state index in [9.17, 15) is 15.5 Å². The summed E-state index contributed by atoms with van der Waals surface area (Å²) in [6.45, 7) is 6.07. The quantitative estimate of drug-likeness (QED) is 0.618. The number of anilines is 2. The van der Waals surface area contributed by atoms with Crippen molar-refractivity contribution in [2.24, 2.45) is 17.8 Å². The molecule has 4 rings (SSSR count). The Morgan fingerprint density at radius 2 is 2.00 bits per heavy atom. The average Bonchev–Trinajstić information content (AvgIpc) is 2.80. The number of nitriles is 1. The third kappa shape index (κ3) is 4.52. The van der Waals surface area contributed by atoms with Crippen molar-refractivity contribution in [1.82, 2.24) is 10.2 Å². The van der Waals surface area contributed by atoms with E-state index in [-0.39, 0.29) is 23.7 Å². The molecule has 3 unspecified atom stereocenters. The minimum absolute atomic E-state index is 0.0913. The molecule has 1 aromatic carbocycles. The van der Waals surface area contributed by atoms with Crippen molar-refractivity contribution in [3.05, 3.63) is 46.7 Å². The Morgan fingerprint density at radius 1 is 1.25 bits per heavy atom. The number of nitrogens with zero attached hydrogens (tertiary/aromatic N) is 4. The molecule has 1 aliphatic carbocycles. The SMILES string of the molecule is CC(O)C1CCN(c2nnc(NCC3C=C(Cl)C(O)=CC3C)c3cc(C#N)ccc23)CC1. The molecule has 7 nitrogen and oxygen atoms in total. The largest absolute Gasteiger partial charge is 0.507 e. The molecule has 2 aromatic rings. The van der Waals surface area contributed by atoms with Crippen LogP contribution in [0.5, 0.6) is 0 Å². The van der Waals surface area contributed by atoms with Gasteiger partial charge in [0.1, 0.15) is 5.76 Å². The van der Waals surface area contributed by atoms with Crippen LogP contribution in [0.15, 0.2) is 41.1 Å². The van der Waals surface area contributed by atoms with Crippen LogP contribution >= 0.6 is 11.6 Å². The van der Waals surface area contributed by atoms with Crippen LogP contribution in [0, 0.1) is 29.1 Å². The number of piperidine rings is 1. The maximum Gasteiger partial charge on any atom is 0.159 e. The third-order valence-electron chi connectivity index (χ3n) is 6.62. The monoisotopic (exact) mass is 453 g/mol. The second-order valence-electron chi connectivity index (χ2n) is 8.78. The van der Waals surface area contributed by atoms with Gasteiger partial charge < -0.3 is 20.4 Å². The highest BCUT2D eigenvalue weighted by Gasteiger charge is 2.26. The van der Waals surface area contributed by atoms with Crippen LogP contribution in [0.4, 0.5) is 11.6 Å². The van der Waals surface area contributed by atoms with Gasteiger partial charge in [0.2, 0.25) is 0 Å². The number of aliphatic hydroxyl groups excluding tert-OH is 2. The van der Waals surface area contributed by atoms with E-state index in [0.29, 0.717) is 28.9 Å². The predicted molar refractivity (Wildman–Crippen MR) is 127 cm³/mol. The highest BCUT2D eigenvalue weighted by atomic mass is 35.5. The van der Waals surface area contributed by atoms with Gasteiger partial charge in [0.05, 0.1) is 22.8 Å². The Bertz CT molecular complexity index is 1100. The van der Waals surface area contributed by atoms with Crippen LogP contribution in [0.3, 0.4) is 0 Å². The van der Waals surface area contributed by atoms with Crippen LogP contribution in [0.1, 0.15) is 32.3 Å². The summed E-state index contributed by atoms with van der Waals surface area (Å²) in [4.78, 5) is 2.21. The van der Waals surface area contributed by atoms with E-state index < -0.39 is 0 Å². The standard InChI is InChI=1S/C24H28ClN5O2/c1-14-9-22(32)21(25)11-18(14)13-27-23-20-10-16(12-26)3-4-19(20)24(29-28-23)30-7-5-17(6-8-30)15(2)31/h3-4,9-11,14-15,17-18,31-32H,5-8,13H2,1-2H3,(H,27,28). The van der Waals surface area contributed by atoms with Crippen molar-refractivity contribution in [3.8, 4) is 6.07 Å². The minimum atomic E-state index is -0.300. The maximum absolute atomic E-state index is 9.90. The van der Waals surface area contributed by atoms with Gasteiger partial charge in [0.15, 0.2) is 11.6 Å². The van der Waals surface area contributed by atoms with Crippen LogP contribution in [-0.2, 0) is 0 Å². The van der Waals surface area contributed by atoms with Crippen LogP contribution in [0.2, 0.25) is 0 Å². The summed E-state index contributed by atoms with van der Waals surface area (Å²) in [5, 5.41) is 43.7. The first-order chi connectivity index (χ1) is 15.4. The lowest BCUT2D eigenvalue weighted by atomic mass is 9.89. The molecule has 0 bridgehead atoms. The van der Waals surface area contributed by atoms with Crippen molar-refractivity contribution in [2.75, 3.05) is 29.9 Å². The molecule has 32 heavy (non-hydrogen) atoms. The van der Waals surface area contributed by atoms with E-state index in [1.165, 1.54) is 0 Å². The topological polar surface area (TPSA) is 105 Å². The first-order valence-corrected chi connectivity index (χ1v) is 11.4. The molecule has 1 aromatic heterocycles. The predicted octanol–water partition coefficient (Wildman–Crippen LogP) is 4.34. The summed E-state index contributed by atoms with van der Waals surface area (Å²) in [5.41, 5.74) is 0.564. The number of aromatic nitrogens is 2. The van der Waals surface area contributed by atoms with Crippen LogP contribution in [-0.4, -0.2) is 46.1 Å². The Kier molecular flexibility index (Phi) is 6.54. The van der Waals surface area contributed by atoms with Crippen molar-refractivity contribution in [1.29, 1.82) is 5.26 Å². The number of rotatable bonds is 5. The summed E-state index contributed by atoms with van der Waals surface area (Å²) < 4.78 is 0. The van der Waals surface area contributed by atoms with E-state index in [1.54, 1.807) is 12.1 Å². The molecule has 1 aliphatic heterocycles. The first-order valence-electron chi connectivity index (χ1n) is 11.0. The summed E-state index contributed by atoms with van der Waals surface area (Å²) in [6.07, 6.45) is 5.12. The Labute approximate surface area is 193 Å². The number of allylic oxidation sites excluding steroid dienone is 2. The second kappa shape index (κ2) is 9.35. The second-order valence-corrected chi connectivity index (χ2v) is 9.19. The zero-order valence-corrected chi connectivity index (χ0v) is 19.0. The summed E-state index contributed by atoms with van der Waals surface area (Å²) >= 11 is 6.11. The summed E-state index contributed by atoms with van der Waals surface area (Å²) in [6, 6.07) is 7.79. The zero-order valence-electron chi connectivity index (χ0n) is 18.3. The number of benzene rings is 1. The van der Waals surface area contributed by atoms with Crippen molar-refractivity contribution in [2.45, 2.75) is 32.8 Å². The molecule has 0 spiro atoms. The van der Waals surface area contributed by atoms with Crippen molar-refractivity contribution >= 4 is 34.0 Å². The number of nitrogens with one attached hydrogen (secondary N) is 1. The molecule has 3 N–H and O–H groups in total. The van der Waals surface area contributed by atoms with Gasteiger partial charge in [-0.25, -0.2) is 0 Å². The van der Waals surface area contributed by atoms with E-state index in [2.05, 4.69) is 26.5 Å². The molecule has 2 aliphatic rings. The molecule has 1 saturated heterocycles. The summed E-state index contributed by atoms with van der Waals surface area (Å²) in [5.74, 6) is 2.06. The molecule has 8 heteroatoms. The molecule has 1 fully saturated rings. The van der Waals surface area contributed by atoms with Gasteiger partial charge in [-0.05, 0) is 55.9 Å². The normalized spacial score (nSPS) is 22.8. The highest BCUT2D eigenvalue weighted by Crippen LogP contribution is 2.33. The van der Waals surface area contributed by atoms with E-state index >= 15 is 0 Å². The number of hydrogen-bond acceptors (Lipinski definition) is 7. The smallest absolute Gasteiger partial charge is 0.159 e. The molecule has 2 heterocycles. The fourth-order valence-corrected chi connectivity index (χ4v) is 4.73. The van der Waals surface area contributed by atoms with E-state index in [1.807, 2.05) is 32.1 Å². The minimum Gasteiger partial charge on any atom is -0.507 e. The van der Waals surface area contributed by atoms with E-state index in [0.717, 1.165) is 42.5 Å². The number of halogens is 1. The molecule has 0 saturated carbocycles. The first kappa shape index (κ1) is 22.4. The van der Waals surface area contributed by atoms with Gasteiger partial charge >= 0.3 is 0 Å². The Balaban J connectivity index is 1.60. The lowest BCUT2D eigenvalue weighted by Gasteiger charge is -2.34. The van der Waals surface area contributed by atoms with Crippen molar-refractivity contribution < 1.29 is 10.2 Å². The molecule has 3 atom stereocenters.